The van der Waals surface area contributed by atoms with Crippen molar-refractivity contribution in [2.24, 2.45) is 0 Å². The van der Waals surface area contributed by atoms with Gasteiger partial charge in [0.1, 0.15) is 0 Å². The van der Waals surface area contributed by atoms with Crippen LogP contribution in [0.3, 0.4) is 0 Å². The summed E-state index contributed by atoms with van der Waals surface area (Å²) in [5, 5.41) is 42.7. The van der Waals surface area contributed by atoms with Crippen molar-refractivity contribution in [2.75, 3.05) is 0 Å². The van der Waals surface area contributed by atoms with Gasteiger partial charge < -0.3 is 25.5 Å². The minimum Gasteiger partial charge on any atom is -0.503 e. The van der Waals surface area contributed by atoms with Gasteiger partial charge >= 0.3 is 17.9 Å². The van der Waals surface area contributed by atoms with Crippen molar-refractivity contribution < 1.29 is 75.9 Å². The van der Waals surface area contributed by atoms with E-state index < -0.39 is 42.3 Å². The molecule has 1 saturated heterocycles. The number of carboxylic acids is 3. The van der Waals surface area contributed by atoms with Crippen LogP contribution in [0.1, 0.15) is 12.8 Å². The van der Waals surface area contributed by atoms with E-state index in [9.17, 15) is 14.7 Å². The van der Waals surface area contributed by atoms with Crippen molar-refractivity contribution in [3.63, 3.8) is 0 Å². The van der Waals surface area contributed by atoms with Crippen LogP contribution in [-0.4, -0.2) is 55.0 Å². The Balaban J connectivity index is 0. The SMILES string of the molecule is O=C(O)CC(O)(CC(=O)O)C1(O)OO1.[CH2-]C(=O)O.[Zr]. The fraction of sp³-hybridized carbons (Fsp3) is 0.500. The van der Waals surface area contributed by atoms with Crippen LogP contribution >= 0.6 is 0 Å². The predicted octanol–water partition coefficient (Wildman–Crippen LogP) is -1.82. The molecule has 0 aromatic rings. The molecule has 1 fully saturated rings. The van der Waals surface area contributed by atoms with Gasteiger partial charge in [-0.15, -0.1) is 0 Å². The van der Waals surface area contributed by atoms with Gasteiger partial charge in [0.2, 0.25) is 0 Å². The molecule has 0 radical (unpaired) electrons. The van der Waals surface area contributed by atoms with E-state index in [4.69, 9.17) is 25.2 Å². The fourth-order valence-corrected chi connectivity index (χ4v) is 0.981. The average Bonchev–Trinajstić information content (AvgIpc) is 2.80. The van der Waals surface area contributed by atoms with E-state index in [-0.39, 0.29) is 26.2 Å². The van der Waals surface area contributed by atoms with E-state index in [2.05, 4.69) is 16.7 Å². The molecule has 0 bridgehead atoms. The summed E-state index contributed by atoms with van der Waals surface area (Å²) in [6, 6.07) is 0. The number of hydrogen-bond acceptors (Lipinski definition) is 7. The van der Waals surface area contributed by atoms with Gasteiger partial charge in [-0.3, -0.25) is 21.3 Å². The monoisotopic (exact) mass is 357 g/mol. The maximum Gasteiger partial charge on any atom is 0.367 e. The second-order valence-electron chi connectivity index (χ2n) is 3.31. The average molecular weight is 358 g/mol. The molecule has 19 heavy (non-hydrogen) atoms. The molecule has 0 atom stereocenters. The zero-order chi connectivity index (χ0) is 14.6. The summed E-state index contributed by atoms with van der Waals surface area (Å²) in [6.45, 7) is 2.56. The van der Waals surface area contributed by atoms with Crippen molar-refractivity contribution in [1.29, 1.82) is 0 Å². The van der Waals surface area contributed by atoms with Crippen LogP contribution in [0, 0.1) is 6.92 Å². The Kier molecular flexibility index (Phi) is 8.08. The first-order valence-electron chi connectivity index (χ1n) is 4.32. The number of hydrogen-bond donors (Lipinski definition) is 5. The van der Waals surface area contributed by atoms with Crippen LogP contribution in [0.2, 0.25) is 0 Å². The first-order chi connectivity index (χ1) is 8.02. The minimum absolute atomic E-state index is 0. The third-order valence-corrected chi connectivity index (χ3v) is 1.72. The third kappa shape index (κ3) is 7.23. The molecule has 1 rings (SSSR count). The quantitative estimate of drug-likeness (QED) is 0.213. The normalized spacial score (nSPS) is 15.3. The molecule has 0 aromatic heterocycles. The summed E-state index contributed by atoms with van der Waals surface area (Å²) in [5.74, 6) is -6.59. The predicted molar refractivity (Wildman–Crippen MR) is 49.6 cm³/mol. The molecule has 0 spiro atoms. The smallest absolute Gasteiger partial charge is 0.367 e. The van der Waals surface area contributed by atoms with Crippen LogP contribution in [0.15, 0.2) is 0 Å². The molecule has 0 amide bonds. The van der Waals surface area contributed by atoms with E-state index >= 15 is 0 Å². The topological polar surface area (TPSA) is 177 Å². The Morgan fingerprint density at radius 3 is 1.47 bits per heavy atom. The van der Waals surface area contributed by atoms with Gasteiger partial charge in [-0.25, -0.2) is 0 Å². The Hall–Kier alpha value is -0.997. The van der Waals surface area contributed by atoms with Crippen LogP contribution in [0.5, 0.6) is 0 Å². The largest absolute Gasteiger partial charge is 0.503 e. The van der Waals surface area contributed by atoms with E-state index in [1.165, 1.54) is 0 Å². The Bertz CT molecular complexity index is 329. The summed E-state index contributed by atoms with van der Waals surface area (Å²) in [7, 11) is 0. The molecular weight excluding hydrogens is 347 g/mol. The maximum absolute atomic E-state index is 10.3. The van der Waals surface area contributed by atoms with Crippen LogP contribution < -0.4 is 0 Å². The first-order valence-corrected chi connectivity index (χ1v) is 4.32. The number of aliphatic carboxylic acids is 3. The zero-order valence-electron chi connectivity index (χ0n) is 9.40. The number of rotatable bonds is 5. The molecule has 108 valence electrons. The van der Waals surface area contributed by atoms with Gasteiger partial charge in [-0.05, 0) is 0 Å². The molecule has 1 aliphatic heterocycles. The van der Waals surface area contributed by atoms with E-state index in [0.717, 1.165) is 0 Å². The standard InChI is InChI=1S/C6H8O8.C2H3O2.Zr/c7-3(8)1-5(11,2-4(9)10)6(12)13-14-6;1-2(3)4;/h11-12H,1-2H2,(H,7,8)(H,9,10);1H2,(H,3,4);/q;-1;. The van der Waals surface area contributed by atoms with Crippen LogP contribution in [0.4, 0.5) is 0 Å². The second-order valence-corrected chi connectivity index (χ2v) is 3.31. The van der Waals surface area contributed by atoms with Crippen molar-refractivity contribution in [3.05, 3.63) is 6.92 Å². The Labute approximate surface area is 125 Å². The third-order valence-electron chi connectivity index (χ3n) is 1.72. The molecule has 1 heterocycles. The van der Waals surface area contributed by atoms with Crippen molar-refractivity contribution >= 4 is 17.9 Å². The van der Waals surface area contributed by atoms with E-state index in [1.54, 1.807) is 0 Å². The minimum atomic E-state index is -2.54. The summed E-state index contributed by atoms with van der Waals surface area (Å²) >= 11 is 0. The van der Waals surface area contributed by atoms with E-state index in [1.807, 2.05) is 0 Å². The number of aliphatic hydroxyl groups is 2. The van der Waals surface area contributed by atoms with E-state index in [0.29, 0.717) is 0 Å². The summed E-state index contributed by atoms with van der Waals surface area (Å²) < 4.78 is 0. The van der Waals surface area contributed by atoms with Gasteiger partial charge in [0, 0.05) is 26.2 Å². The van der Waals surface area contributed by atoms with Crippen molar-refractivity contribution in [3.8, 4) is 0 Å². The van der Waals surface area contributed by atoms with Gasteiger partial charge in [0.25, 0.3) is 0 Å². The Morgan fingerprint density at radius 2 is 1.32 bits per heavy atom. The second kappa shape index (κ2) is 7.56. The molecule has 5 N–H and O–H groups in total. The maximum atomic E-state index is 10.3. The fourth-order valence-electron chi connectivity index (χ4n) is 0.981. The molecule has 0 saturated carbocycles. The van der Waals surface area contributed by atoms with Crippen molar-refractivity contribution in [2.45, 2.75) is 24.4 Å². The molecule has 11 heteroatoms. The van der Waals surface area contributed by atoms with Gasteiger partial charge in [0.15, 0.2) is 11.6 Å². The molecule has 0 aromatic carbocycles. The van der Waals surface area contributed by atoms with Gasteiger partial charge in [-0.1, -0.05) is 0 Å². The summed E-state index contributed by atoms with van der Waals surface area (Å²) in [5.41, 5.74) is -2.50. The molecule has 0 unspecified atom stereocenters. The zero-order valence-corrected chi connectivity index (χ0v) is 11.9. The van der Waals surface area contributed by atoms with Crippen LogP contribution in [-0.2, 0) is 50.4 Å². The summed E-state index contributed by atoms with van der Waals surface area (Å²) in [4.78, 5) is 37.4. The summed E-state index contributed by atoms with van der Waals surface area (Å²) in [6.07, 6.45) is -2.01. The molecule has 1 aliphatic rings. The van der Waals surface area contributed by atoms with Crippen LogP contribution in [0.25, 0.3) is 0 Å². The Morgan fingerprint density at radius 1 is 1.05 bits per heavy atom. The van der Waals surface area contributed by atoms with Crippen molar-refractivity contribution in [1.82, 2.24) is 0 Å². The van der Waals surface area contributed by atoms with Gasteiger partial charge in [0.05, 0.1) is 12.8 Å². The number of carboxylic acid groups (broad SMARTS) is 3. The molecular formula is C8H11O10Zr-. The number of carbonyl (C=O) groups is 3. The van der Waals surface area contributed by atoms with Gasteiger partial charge in [-0.2, -0.15) is 9.78 Å². The molecule has 10 nitrogen and oxygen atoms in total. The first kappa shape index (κ1) is 20.3. The molecule has 0 aliphatic carbocycles.